The zero-order valence-corrected chi connectivity index (χ0v) is 20.3. The number of carboxylic acids is 1. The van der Waals surface area contributed by atoms with E-state index in [-0.39, 0.29) is 12.5 Å². The number of likely N-dealkylation sites (tertiary alicyclic amines) is 1. The minimum atomic E-state index is -1.07. The number of carboxylic acid groups (broad SMARTS) is 1. The summed E-state index contributed by atoms with van der Waals surface area (Å²) in [5.41, 5.74) is -0.0149. The number of methoxy groups -OCH3 is 3. The highest BCUT2D eigenvalue weighted by atomic mass is 16.5. The first-order chi connectivity index (χ1) is 15.6. The molecule has 33 heavy (non-hydrogen) atoms. The minimum Gasteiger partial charge on any atom is -0.493 e. The fourth-order valence-corrected chi connectivity index (χ4v) is 3.94. The zero-order valence-electron chi connectivity index (χ0n) is 20.3. The summed E-state index contributed by atoms with van der Waals surface area (Å²) < 4.78 is 16.2. The molecule has 1 saturated heterocycles. The lowest BCUT2D eigenvalue weighted by molar-refractivity contribution is -0.159. The number of hydrogen-bond acceptors (Lipinski definition) is 6. The second kappa shape index (κ2) is 11.2. The van der Waals surface area contributed by atoms with Crippen LogP contribution in [0.1, 0.15) is 52.0 Å². The largest absolute Gasteiger partial charge is 0.493 e. The van der Waals surface area contributed by atoms with E-state index < -0.39 is 29.1 Å². The monoisotopic (exact) mass is 461 g/mol. The van der Waals surface area contributed by atoms with E-state index in [4.69, 9.17) is 14.2 Å². The molecule has 0 radical (unpaired) electrons. The van der Waals surface area contributed by atoms with Crippen molar-refractivity contribution in [3.8, 4) is 17.2 Å². The van der Waals surface area contributed by atoms with Gasteiger partial charge >= 0.3 is 5.97 Å². The van der Waals surface area contributed by atoms with Crippen LogP contribution < -0.4 is 14.2 Å². The van der Waals surface area contributed by atoms with Crippen LogP contribution in [-0.4, -0.2) is 61.6 Å². The molecule has 1 aromatic carbocycles. The minimum absolute atomic E-state index is 0.0458. The van der Waals surface area contributed by atoms with E-state index in [1.165, 1.54) is 4.90 Å². The Hall–Kier alpha value is -3.03. The summed E-state index contributed by atoms with van der Waals surface area (Å²) in [6.45, 7) is 5.49. The number of rotatable bonds is 10. The van der Waals surface area contributed by atoms with Crippen LogP contribution in [0.15, 0.2) is 18.2 Å². The number of amides is 1. The van der Waals surface area contributed by atoms with Gasteiger partial charge in [0.25, 0.3) is 5.91 Å². The predicted molar refractivity (Wildman–Crippen MR) is 125 cm³/mol. The topological polar surface area (TPSA) is 102 Å². The van der Waals surface area contributed by atoms with Crippen LogP contribution in [-0.2, 0) is 14.4 Å². The SMILES string of the molecule is CCC(C)(C)C(=O)C(=O)N1CC(CC=Cc2ccc(OC)c(OC)c2OC)CCC1C(=O)O. The molecule has 0 aromatic heterocycles. The van der Waals surface area contributed by atoms with Crippen LogP contribution in [0.3, 0.4) is 0 Å². The van der Waals surface area contributed by atoms with E-state index in [1.807, 2.05) is 25.1 Å². The maximum atomic E-state index is 12.9. The van der Waals surface area contributed by atoms with Gasteiger partial charge in [0.15, 0.2) is 11.5 Å². The first-order valence-electron chi connectivity index (χ1n) is 11.1. The molecule has 1 N–H and O–H groups in total. The van der Waals surface area contributed by atoms with Gasteiger partial charge in [-0.05, 0) is 43.7 Å². The number of benzene rings is 1. The molecule has 0 spiro atoms. The highest BCUT2D eigenvalue weighted by Gasteiger charge is 2.41. The number of aliphatic carboxylic acids is 1. The molecule has 182 valence electrons. The molecule has 1 aliphatic heterocycles. The van der Waals surface area contributed by atoms with E-state index in [9.17, 15) is 19.5 Å². The van der Waals surface area contributed by atoms with Crippen LogP contribution in [0.25, 0.3) is 6.08 Å². The van der Waals surface area contributed by atoms with Gasteiger partial charge in [-0.25, -0.2) is 4.79 Å². The molecule has 0 bridgehead atoms. The molecule has 8 nitrogen and oxygen atoms in total. The van der Waals surface area contributed by atoms with E-state index in [1.54, 1.807) is 41.2 Å². The fraction of sp³-hybridized carbons (Fsp3) is 0.560. The number of allylic oxidation sites excluding steroid dienone is 1. The van der Waals surface area contributed by atoms with Crippen molar-refractivity contribution in [1.82, 2.24) is 4.90 Å². The molecule has 8 heteroatoms. The summed E-state index contributed by atoms with van der Waals surface area (Å²) in [4.78, 5) is 38.6. The Morgan fingerprint density at radius 1 is 1.09 bits per heavy atom. The molecule has 1 heterocycles. The Bertz CT molecular complexity index is 906. The summed E-state index contributed by atoms with van der Waals surface area (Å²) in [5, 5.41) is 9.60. The van der Waals surface area contributed by atoms with Crippen LogP contribution in [0, 0.1) is 11.3 Å². The van der Waals surface area contributed by atoms with Crippen molar-refractivity contribution in [2.24, 2.45) is 11.3 Å². The fourth-order valence-electron chi connectivity index (χ4n) is 3.94. The molecule has 1 fully saturated rings. The van der Waals surface area contributed by atoms with Gasteiger partial charge in [0, 0.05) is 17.5 Å². The lowest BCUT2D eigenvalue weighted by Crippen LogP contribution is -2.54. The summed E-state index contributed by atoms with van der Waals surface area (Å²) in [6.07, 6.45) is 5.97. The van der Waals surface area contributed by atoms with Gasteiger partial charge in [0.1, 0.15) is 6.04 Å². The molecule has 0 saturated carbocycles. The van der Waals surface area contributed by atoms with Crippen molar-refractivity contribution in [3.63, 3.8) is 0 Å². The van der Waals surface area contributed by atoms with Gasteiger partial charge in [-0.3, -0.25) is 9.59 Å². The second-order valence-corrected chi connectivity index (χ2v) is 8.88. The van der Waals surface area contributed by atoms with Gasteiger partial charge in [0.05, 0.1) is 21.3 Å². The van der Waals surface area contributed by atoms with Gasteiger partial charge in [-0.1, -0.05) is 32.9 Å². The van der Waals surface area contributed by atoms with Crippen molar-refractivity contribution < 1.29 is 33.7 Å². The number of ketones is 1. The van der Waals surface area contributed by atoms with Crippen molar-refractivity contribution in [3.05, 3.63) is 23.8 Å². The summed E-state index contributed by atoms with van der Waals surface area (Å²) >= 11 is 0. The third-order valence-corrected chi connectivity index (χ3v) is 6.42. The Balaban J connectivity index is 2.18. The van der Waals surface area contributed by atoms with Crippen molar-refractivity contribution in [2.45, 2.75) is 52.5 Å². The molecule has 2 rings (SSSR count). The van der Waals surface area contributed by atoms with Gasteiger partial charge in [0.2, 0.25) is 11.5 Å². The number of hydrogen-bond donors (Lipinski definition) is 1. The molecule has 1 aromatic rings. The smallest absolute Gasteiger partial charge is 0.326 e. The molecular weight excluding hydrogens is 426 g/mol. The summed E-state index contributed by atoms with van der Waals surface area (Å²) in [5.74, 6) is -0.664. The molecule has 1 aliphatic rings. The number of Topliss-reactive ketones (excluding diaryl/α,β-unsaturated/α-hetero) is 1. The Morgan fingerprint density at radius 3 is 2.30 bits per heavy atom. The normalized spacial score (nSPS) is 18.8. The second-order valence-electron chi connectivity index (χ2n) is 8.88. The van der Waals surface area contributed by atoms with Gasteiger partial charge < -0.3 is 24.2 Å². The van der Waals surface area contributed by atoms with E-state index >= 15 is 0 Å². The van der Waals surface area contributed by atoms with Crippen molar-refractivity contribution >= 4 is 23.7 Å². The molecular formula is C25H35NO7. The zero-order chi connectivity index (χ0) is 24.8. The maximum Gasteiger partial charge on any atom is 0.326 e. The lowest BCUT2D eigenvalue weighted by atomic mass is 9.83. The van der Waals surface area contributed by atoms with Crippen LogP contribution in [0.5, 0.6) is 17.2 Å². The molecule has 0 aliphatic carbocycles. The first kappa shape index (κ1) is 26.2. The molecule has 2 unspecified atom stereocenters. The van der Waals surface area contributed by atoms with Crippen LogP contribution in [0.4, 0.5) is 0 Å². The highest BCUT2D eigenvalue weighted by molar-refractivity contribution is 6.38. The number of nitrogens with zero attached hydrogens (tertiary/aromatic N) is 1. The lowest BCUT2D eigenvalue weighted by Gasteiger charge is -2.38. The third kappa shape index (κ3) is 5.86. The standard InChI is InChI=1S/C25H35NO7/c1-7-25(2,3)22(27)23(28)26-15-16(11-13-18(26)24(29)30)9-8-10-17-12-14-19(31-4)21(33-6)20(17)32-5/h8,10,12,14,16,18H,7,9,11,13,15H2,1-6H3,(H,29,30). The maximum absolute atomic E-state index is 12.9. The first-order valence-corrected chi connectivity index (χ1v) is 11.1. The Morgan fingerprint density at radius 2 is 1.76 bits per heavy atom. The molecule has 2 atom stereocenters. The third-order valence-electron chi connectivity index (χ3n) is 6.42. The van der Waals surface area contributed by atoms with E-state index in [0.29, 0.717) is 42.9 Å². The number of ether oxygens (including phenoxy) is 3. The van der Waals surface area contributed by atoms with Gasteiger partial charge in [-0.2, -0.15) is 0 Å². The van der Waals surface area contributed by atoms with Gasteiger partial charge in [-0.15, -0.1) is 0 Å². The number of carbonyl (C=O) groups excluding carboxylic acids is 2. The highest BCUT2D eigenvalue weighted by Crippen LogP contribution is 2.40. The summed E-state index contributed by atoms with van der Waals surface area (Å²) in [7, 11) is 4.65. The van der Waals surface area contributed by atoms with Crippen LogP contribution in [0.2, 0.25) is 0 Å². The number of carbonyl (C=O) groups is 3. The average Bonchev–Trinajstić information content (AvgIpc) is 2.82. The van der Waals surface area contributed by atoms with Crippen molar-refractivity contribution in [2.75, 3.05) is 27.9 Å². The quantitative estimate of drug-likeness (QED) is 0.529. The Labute approximate surface area is 195 Å². The number of piperidine rings is 1. The predicted octanol–water partition coefficient (Wildman–Crippen LogP) is 3.81. The van der Waals surface area contributed by atoms with Crippen molar-refractivity contribution in [1.29, 1.82) is 0 Å². The van der Waals surface area contributed by atoms with Crippen LogP contribution >= 0.6 is 0 Å². The van der Waals surface area contributed by atoms with E-state index in [2.05, 4.69) is 0 Å². The molecule has 1 amide bonds. The average molecular weight is 462 g/mol. The van der Waals surface area contributed by atoms with E-state index in [0.717, 1.165) is 5.56 Å². The summed E-state index contributed by atoms with van der Waals surface area (Å²) in [6, 6.07) is 2.68. The Kier molecular flexibility index (Phi) is 8.91.